The maximum absolute atomic E-state index is 12.7. The second-order valence-electron chi connectivity index (χ2n) is 27.0. The van der Waals surface area contributed by atoms with Gasteiger partial charge in [-0.15, -0.1) is 0 Å². The third-order valence-electron chi connectivity index (χ3n) is 17.6. The molecule has 0 bridgehead atoms. The van der Waals surface area contributed by atoms with Gasteiger partial charge in [0.15, 0.2) is 23.8 Å². The summed E-state index contributed by atoms with van der Waals surface area (Å²) in [7, 11) is 1.76. The van der Waals surface area contributed by atoms with Gasteiger partial charge >= 0.3 is 5.97 Å². The number of aliphatic carboxylic acids is 1. The minimum Gasteiger partial charge on any atom is -0.497 e. The number of fused-ring (bicyclic) bond motifs is 2. The van der Waals surface area contributed by atoms with Gasteiger partial charge in [-0.25, -0.2) is 69.9 Å². The third-order valence-corrected chi connectivity index (χ3v) is 20.0. The van der Waals surface area contributed by atoms with Crippen molar-refractivity contribution in [1.82, 2.24) is 20.3 Å². The molecule has 14 unspecified atom stereocenters. The number of aliphatic hydroxyl groups is 16. The molecule has 25 N–H and O–H groups in total. The summed E-state index contributed by atoms with van der Waals surface area (Å²) in [5.74, 6) is -17.6. The number of rotatable bonds is 25. The monoisotopic (exact) mass is 1620 g/mol. The maximum Gasteiger partial charge on any atom is 0.306 e. The Bertz CT molecular complexity index is 4510. The summed E-state index contributed by atoms with van der Waals surface area (Å²) in [6.45, 7) is 9.50. The first-order chi connectivity index (χ1) is 54.0. The van der Waals surface area contributed by atoms with Crippen LogP contribution < -0.4 is 11.1 Å². The Balaban J connectivity index is 1.65. The number of H-pyrrole nitrogens is 2. The lowest BCUT2D eigenvalue weighted by Gasteiger charge is -2.22. The largest absolute Gasteiger partial charge is 0.497 e. The van der Waals surface area contributed by atoms with E-state index in [-0.39, 0.29) is 44.4 Å². The molecule has 2 aromatic heterocycles. The number of imidazole rings is 1. The van der Waals surface area contributed by atoms with Crippen molar-refractivity contribution in [3.63, 3.8) is 0 Å². The molecule has 5 aromatic rings. The maximum atomic E-state index is 12.7. The van der Waals surface area contributed by atoms with Crippen LogP contribution in [0, 0.1) is 28.1 Å². The number of nitrogens with one attached hydrogen (secondary N) is 6. The molecule has 14 atom stereocenters. The van der Waals surface area contributed by atoms with Gasteiger partial charge in [0.25, 0.3) is 0 Å². The van der Waals surface area contributed by atoms with E-state index in [1.54, 1.807) is 82.4 Å². The van der Waals surface area contributed by atoms with Crippen molar-refractivity contribution in [3.8, 4) is 0 Å². The van der Waals surface area contributed by atoms with Crippen molar-refractivity contribution < 1.29 is 91.6 Å². The van der Waals surface area contributed by atoms with Gasteiger partial charge < -0.3 is 108 Å². The lowest BCUT2D eigenvalue weighted by atomic mass is 9.99. The van der Waals surface area contributed by atoms with Crippen LogP contribution in [0.2, 0.25) is 0 Å². The van der Waals surface area contributed by atoms with Gasteiger partial charge in [0, 0.05) is 79.6 Å². The molecule has 6 rings (SSSR count). The summed E-state index contributed by atoms with van der Waals surface area (Å²) in [5, 5.41) is 224. The van der Waals surface area contributed by atoms with E-state index in [9.17, 15) is 91.6 Å². The van der Waals surface area contributed by atoms with Gasteiger partial charge in [-0.2, -0.15) is 0 Å². The van der Waals surface area contributed by atoms with Crippen molar-refractivity contribution in [2.24, 2.45) is 82.5 Å². The molecule has 3 heterocycles. The average molecular weight is 1620 g/mol. The van der Waals surface area contributed by atoms with Gasteiger partial charge in [0.05, 0.1) is 18.9 Å². The van der Waals surface area contributed by atoms with Gasteiger partial charge in [0.1, 0.15) is 73.0 Å². The van der Waals surface area contributed by atoms with Crippen molar-refractivity contribution in [1.29, 1.82) is 16.2 Å². The predicted octanol–water partition coefficient (Wildman–Crippen LogP) is 9.04. The molecule has 0 saturated carbocycles. The van der Waals surface area contributed by atoms with Gasteiger partial charge in [-0.3, -0.25) is 21.0 Å². The van der Waals surface area contributed by atoms with E-state index < -0.39 is 222 Å². The minimum atomic E-state index is -2.03. The van der Waals surface area contributed by atoms with Crippen LogP contribution in [-0.4, -0.2) is 305 Å². The molecule has 1 aliphatic heterocycles. The molecular weight excluding hydrogens is 1520 g/mol. The molecular formula is C73H101N21O18S2. The molecule has 0 radical (unpaired) electrons. The molecule has 1 aliphatic rings. The SMILES string of the molecule is CCC(C)C(N=C(C)O)C(O)=NC1CSSCC(C(O)=NC(C(=N)O)C(C)O)N=C(O)C(CCCNC(=N)N)N=C(O)C(Cc2cnc[nH]2)N=C(O)C(C)N=C(O)CN=C(O)C(Cc2c[nH]c3ccccc23)N=C(O)C(CC(=O)O)N=C(O)C(CCC(=N)O)N=C(O)C(Cc2ccc3ccccc3c2)N=C(O)C(C(C)C)N=C1O. The average Bonchev–Trinajstić information content (AvgIpc) is 1.46. The highest BCUT2D eigenvalue weighted by atomic mass is 33.1. The number of benzene rings is 3. The number of hydrogen-bond donors (Lipinski definition) is 24. The fourth-order valence-corrected chi connectivity index (χ4v) is 13.5. The fraction of sp³-hybridized carbons (Fsp3) is 0.479. The number of aliphatic imine (C=N–C) groups is 13. The molecule has 0 spiro atoms. The summed E-state index contributed by atoms with van der Waals surface area (Å²) in [6.07, 6.45) is -0.219. The molecule has 3 aromatic carbocycles. The number of hydrogen-bond acceptors (Lipinski definition) is 21. The van der Waals surface area contributed by atoms with E-state index in [2.05, 4.69) is 85.2 Å². The Labute approximate surface area is 662 Å². The topological polar surface area (TPSA) is 676 Å². The summed E-state index contributed by atoms with van der Waals surface area (Å²) >= 11 is 0. The zero-order valence-corrected chi connectivity index (χ0v) is 65.2. The van der Waals surface area contributed by atoms with Gasteiger partial charge in [-0.05, 0) is 72.9 Å². The molecule has 41 heteroatoms. The van der Waals surface area contributed by atoms with Crippen LogP contribution >= 0.6 is 21.6 Å². The van der Waals surface area contributed by atoms with E-state index in [4.69, 9.17) is 22.0 Å². The standard InChI is InChI=1S/C73H101N21O18S2/c1-8-36(4)59(84-39(7)96)72(112)92-54-33-114-113-32-53(70(110)94-60(38(6)95)61(75)101)91-64(104)47(18-13-23-79-73(76)77)85-67(107)51(27-44-30-78-34-82-44)87-62(102)37(5)83-56(98)31-81-63(103)50(26-43-29-80-46-17-12-11-16-45(43)46)88-68(108)52(28-57(99)100)89-65(105)48(21-22-55(74)97)86-66(106)49(90-71(111)58(35(2)3)93-69(54)109)25-40-19-20-41-14-9-10-15-42(41)24-40/h9-12,14-17,19-20,24,29-30,34-38,47-54,58-60,80,95H,8,13,18,21-23,25-28,31-33H2,1-7H3,(H2,74,97)(H2,75,101)(H,78,82)(H,81,103)(H,83,98)(H,84,96)(H,85,107)(H,86,106)(H,87,102)(H,88,108)(H,89,105)(H,90,111)(H,91,104)(H,92,112)(H,93,109)(H,94,110)(H,99,100)(H4,76,77,79). The van der Waals surface area contributed by atoms with E-state index in [0.717, 1.165) is 32.4 Å². The van der Waals surface area contributed by atoms with Gasteiger partial charge in [0.2, 0.25) is 76.7 Å². The number of carboxylic acid groups (broad SMARTS) is 1. The fourth-order valence-electron chi connectivity index (χ4n) is 11.3. The summed E-state index contributed by atoms with van der Waals surface area (Å²) in [6, 6.07) is -0.203. The van der Waals surface area contributed by atoms with Crippen LogP contribution in [0.25, 0.3) is 21.7 Å². The van der Waals surface area contributed by atoms with E-state index >= 15 is 0 Å². The summed E-state index contributed by atoms with van der Waals surface area (Å²) in [5.41, 5.74) is 7.47. The normalized spacial score (nSPS) is 23.2. The number of nitrogens with zero attached hydrogens (tertiary/aromatic N) is 14. The number of carboxylic acids is 1. The highest BCUT2D eigenvalue weighted by Crippen LogP contribution is 2.29. The van der Waals surface area contributed by atoms with Crippen LogP contribution in [0.1, 0.15) is 104 Å². The smallest absolute Gasteiger partial charge is 0.306 e. The molecule has 0 saturated heterocycles. The molecule has 0 fully saturated rings. The van der Waals surface area contributed by atoms with Crippen molar-refractivity contribution in [2.75, 3.05) is 24.6 Å². The Hall–Kier alpha value is -11.9. The first-order valence-corrected chi connectivity index (χ1v) is 38.7. The number of aliphatic hydroxyl groups excluding tert-OH is 16. The van der Waals surface area contributed by atoms with Crippen molar-refractivity contribution >= 4 is 144 Å². The quantitative estimate of drug-likeness (QED) is 0.0112. The Morgan fingerprint density at radius 1 is 0.649 bits per heavy atom. The third kappa shape index (κ3) is 28.7. The van der Waals surface area contributed by atoms with Crippen LogP contribution in [0.4, 0.5) is 0 Å². The van der Waals surface area contributed by atoms with Crippen LogP contribution in [0.15, 0.2) is 150 Å². The number of carbonyl (C=O) groups is 1. The second kappa shape index (κ2) is 44.4. The Morgan fingerprint density at radius 3 is 1.88 bits per heavy atom. The second-order valence-corrected chi connectivity index (χ2v) is 29.6. The van der Waals surface area contributed by atoms with Crippen LogP contribution in [-0.2, 0) is 24.1 Å². The van der Waals surface area contributed by atoms with Gasteiger partial charge in [-0.1, -0.05) is 116 Å². The van der Waals surface area contributed by atoms with Crippen molar-refractivity contribution in [2.45, 2.75) is 185 Å². The Morgan fingerprint density at radius 2 is 1.25 bits per heavy atom. The zero-order chi connectivity index (χ0) is 84.0. The number of aromatic amines is 2. The lowest BCUT2D eigenvalue weighted by molar-refractivity contribution is -0.137. The number of guanidine groups is 1. The van der Waals surface area contributed by atoms with E-state index in [1.165, 1.54) is 33.3 Å². The lowest BCUT2D eigenvalue weighted by Crippen LogP contribution is -2.35. The first kappa shape index (κ1) is 91.0. The number of nitrogens with two attached hydrogens (primary N) is 1. The minimum absolute atomic E-state index is 0.00580. The molecule has 0 amide bonds. The summed E-state index contributed by atoms with van der Waals surface area (Å²) in [4.78, 5) is 78.2. The summed E-state index contributed by atoms with van der Waals surface area (Å²) < 4.78 is 0. The van der Waals surface area contributed by atoms with Crippen molar-refractivity contribution in [3.05, 3.63) is 102 Å². The molecule has 618 valence electrons. The highest BCUT2D eigenvalue weighted by molar-refractivity contribution is 8.76. The Kier molecular flexibility index (Phi) is 35.4. The number of para-hydroxylation sites is 1. The zero-order valence-electron chi connectivity index (χ0n) is 63.6. The molecule has 114 heavy (non-hydrogen) atoms. The molecule has 0 aliphatic carbocycles. The molecule has 39 nitrogen and oxygen atoms in total. The van der Waals surface area contributed by atoms with E-state index in [1.807, 2.05) is 18.2 Å². The predicted molar refractivity (Wildman–Crippen MR) is 447 cm³/mol. The number of aromatic nitrogens is 3. The van der Waals surface area contributed by atoms with Crippen LogP contribution in [0.3, 0.4) is 0 Å². The highest BCUT2D eigenvalue weighted by Gasteiger charge is 2.34. The first-order valence-electron chi connectivity index (χ1n) is 36.2. The van der Waals surface area contributed by atoms with E-state index in [0.29, 0.717) is 34.1 Å². The van der Waals surface area contributed by atoms with Crippen LogP contribution in [0.5, 0.6) is 0 Å².